The summed E-state index contributed by atoms with van der Waals surface area (Å²) in [5.41, 5.74) is 10.8. The Bertz CT molecular complexity index is 278. The Balaban J connectivity index is 4.65. The summed E-state index contributed by atoms with van der Waals surface area (Å²) in [5, 5.41) is 8.62. The lowest BCUT2D eigenvalue weighted by Crippen LogP contribution is -2.48. The van der Waals surface area contributed by atoms with Crippen molar-refractivity contribution < 1.29 is 19.5 Å². The van der Waals surface area contributed by atoms with Crippen LogP contribution in [0.1, 0.15) is 20.3 Å². The second kappa shape index (κ2) is 6.34. The molecule has 0 aliphatic rings. The molecule has 0 radical (unpaired) electrons. The average molecular weight is 230 g/mol. The van der Waals surface area contributed by atoms with Gasteiger partial charge in [0.05, 0.1) is 6.04 Å². The zero-order valence-corrected chi connectivity index (χ0v) is 9.42. The Kier molecular flexibility index (Phi) is 5.84. The molecule has 6 nitrogen and oxygen atoms in total. The minimum Gasteiger partial charge on any atom is -0.480 e. The van der Waals surface area contributed by atoms with E-state index in [-0.39, 0.29) is 12.2 Å². The maximum Gasteiger partial charge on any atom is 0.321 e. The van der Waals surface area contributed by atoms with Crippen LogP contribution < -0.4 is 11.5 Å². The van der Waals surface area contributed by atoms with E-state index in [0.29, 0.717) is 6.42 Å². The molecule has 0 saturated heterocycles. The van der Waals surface area contributed by atoms with Gasteiger partial charge in [0.25, 0.3) is 0 Å². The number of aliphatic carboxylic acids is 1. The van der Waals surface area contributed by atoms with Crippen LogP contribution >= 0.6 is 0 Å². The molecule has 3 atom stereocenters. The van der Waals surface area contributed by atoms with Crippen molar-refractivity contribution in [2.45, 2.75) is 32.4 Å². The zero-order chi connectivity index (χ0) is 12.9. The number of carbonyl (C=O) groups is 3. The molecule has 3 unspecified atom stereocenters. The van der Waals surface area contributed by atoms with Crippen molar-refractivity contribution in [3.05, 3.63) is 0 Å². The van der Waals surface area contributed by atoms with Gasteiger partial charge in [-0.2, -0.15) is 0 Å². The van der Waals surface area contributed by atoms with Gasteiger partial charge < -0.3 is 21.4 Å². The standard InChI is InChI=1S/C10H18N2O4/c1-5(2)3-7(11)9(14)6(4-13)8(12)10(15)16/h4-8H,3,11-12H2,1-2H3,(H,15,16). The van der Waals surface area contributed by atoms with Crippen molar-refractivity contribution in [1.29, 1.82) is 0 Å². The fourth-order valence-electron chi connectivity index (χ4n) is 1.35. The van der Waals surface area contributed by atoms with Crippen molar-refractivity contribution in [3.63, 3.8) is 0 Å². The summed E-state index contributed by atoms with van der Waals surface area (Å²) in [7, 11) is 0. The molecule has 0 aliphatic carbocycles. The van der Waals surface area contributed by atoms with E-state index in [1.807, 2.05) is 13.8 Å². The molecule has 0 aromatic heterocycles. The predicted octanol–water partition coefficient (Wildman–Crippen LogP) is -0.844. The number of hydrogen-bond acceptors (Lipinski definition) is 5. The second-order valence-electron chi connectivity index (χ2n) is 4.16. The molecule has 0 aliphatic heterocycles. The van der Waals surface area contributed by atoms with E-state index in [0.717, 1.165) is 0 Å². The van der Waals surface area contributed by atoms with Crippen LogP contribution in [0.5, 0.6) is 0 Å². The van der Waals surface area contributed by atoms with E-state index in [4.69, 9.17) is 16.6 Å². The van der Waals surface area contributed by atoms with Crippen molar-refractivity contribution in [1.82, 2.24) is 0 Å². The van der Waals surface area contributed by atoms with Gasteiger partial charge in [-0.3, -0.25) is 9.59 Å². The van der Waals surface area contributed by atoms with Crippen LogP contribution in [0.3, 0.4) is 0 Å². The number of carboxylic acid groups (broad SMARTS) is 1. The van der Waals surface area contributed by atoms with Gasteiger partial charge in [-0.25, -0.2) is 0 Å². The third kappa shape index (κ3) is 4.08. The van der Waals surface area contributed by atoms with E-state index in [1.165, 1.54) is 0 Å². The van der Waals surface area contributed by atoms with Crippen LogP contribution in [-0.4, -0.2) is 35.2 Å². The van der Waals surface area contributed by atoms with Crippen LogP contribution in [0.25, 0.3) is 0 Å². The molecule has 0 saturated carbocycles. The lowest BCUT2D eigenvalue weighted by atomic mass is 9.89. The number of nitrogens with two attached hydrogens (primary N) is 2. The molecular weight excluding hydrogens is 212 g/mol. The van der Waals surface area contributed by atoms with Crippen LogP contribution in [0.15, 0.2) is 0 Å². The van der Waals surface area contributed by atoms with Gasteiger partial charge in [0.15, 0.2) is 5.78 Å². The number of hydrogen-bond donors (Lipinski definition) is 3. The molecule has 0 amide bonds. The van der Waals surface area contributed by atoms with Crippen LogP contribution in [0, 0.1) is 11.8 Å². The van der Waals surface area contributed by atoms with Crippen molar-refractivity contribution in [2.75, 3.05) is 0 Å². The van der Waals surface area contributed by atoms with Gasteiger partial charge in [-0.1, -0.05) is 13.8 Å². The fraction of sp³-hybridized carbons (Fsp3) is 0.700. The molecule has 16 heavy (non-hydrogen) atoms. The average Bonchev–Trinajstić information content (AvgIpc) is 2.17. The first-order chi connectivity index (χ1) is 7.31. The molecule has 0 aromatic rings. The fourth-order valence-corrected chi connectivity index (χ4v) is 1.35. The Morgan fingerprint density at radius 1 is 1.31 bits per heavy atom. The second-order valence-corrected chi connectivity index (χ2v) is 4.16. The number of rotatable bonds is 7. The highest BCUT2D eigenvalue weighted by atomic mass is 16.4. The number of carboxylic acids is 1. The maximum atomic E-state index is 11.7. The van der Waals surface area contributed by atoms with Gasteiger partial charge in [-0.05, 0) is 12.3 Å². The zero-order valence-electron chi connectivity index (χ0n) is 9.42. The summed E-state index contributed by atoms with van der Waals surface area (Å²) in [5.74, 6) is -3.18. The van der Waals surface area contributed by atoms with Crippen LogP contribution in [-0.2, 0) is 14.4 Å². The number of Topliss-reactive ketones (excluding diaryl/α,β-unsaturated/α-hetero) is 1. The highest BCUT2D eigenvalue weighted by molar-refractivity contribution is 6.01. The molecule has 0 rings (SSSR count). The quantitative estimate of drug-likeness (QED) is 0.387. The lowest BCUT2D eigenvalue weighted by molar-refractivity contribution is -0.144. The summed E-state index contributed by atoms with van der Waals surface area (Å²) in [6.07, 6.45) is 0.650. The molecular formula is C10H18N2O4. The summed E-state index contributed by atoms with van der Waals surface area (Å²) < 4.78 is 0. The molecule has 92 valence electrons. The molecule has 0 bridgehead atoms. The van der Waals surface area contributed by atoms with Gasteiger partial charge in [0.1, 0.15) is 18.2 Å². The van der Waals surface area contributed by atoms with Gasteiger partial charge in [0.2, 0.25) is 0 Å². The summed E-state index contributed by atoms with van der Waals surface area (Å²) >= 11 is 0. The highest BCUT2D eigenvalue weighted by Crippen LogP contribution is 2.10. The number of ketones is 1. The molecule has 0 spiro atoms. The largest absolute Gasteiger partial charge is 0.480 e. The first kappa shape index (κ1) is 14.7. The third-order valence-electron chi connectivity index (χ3n) is 2.24. The number of carbonyl (C=O) groups excluding carboxylic acids is 2. The van der Waals surface area contributed by atoms with Crippen molar-refractivity contribution >= 4 is 18.0 Å². The summed E-state index contributed by atoms with van der Waals surface area (Å²) in [6.45, 7) is 3.75. The SMILES string of the molecule is CC(C)CC(N)C(=O)C(C=O)C(N)C(=O)O. The first-order valence-corrected chi connectivity index (χ1v) is 5.04. The molecule has 6 heteroatoms. The smallest absolute Gasteiger partial charge is 0.321 e. The van der Waals surface area contributed by atoms with Crippen LogP contribution in [0.4, 0.5) is 0 Å². The third-order valence-corrected chi connectivity index (χ3v) is 2.24. The Labute approximate surface area is 94.0 Å². The maximum absolute atomic E-state index is 11.7. The van der Waals surface area contributed by atoms with Gasteiger partial charge >= 0.3 is 5.97 Å². The molecule has 5 N–H and O–H groups in total. The Hall–Kier alpha value is -1.27. The predicted molar refractivity (Wildman–Crippen MR) is 57.6 cm³/mol. The van der Waals surface area contributed by atoms with Crippen LogP contribution in [0.2, 0.25) is 0 Å². The van der Waals surface area contributed by atoms with E-state index in [9.17, 15) is 14.4 Å². The van der Waals surface area contributed by atoms with Crippen molar-refractivity contribution in [2.24, 2.45) is 23.3 Å². The highest BCUT2D eigenvalue weighted by Gasteiger charge is 2.33. The summed E-state index contributed by atoms with van der Waals surface area (Å²) in [6, 6.07) is -2.37. The monoisotopic (exact) mass is 230 g/mol. The topological polar surface area (TPSA) is 123 Å². The van der Waals surface area contributed by atoms with E-state index in [1.54, 1.807) is 0 Å². The van der Waals surface area contributed by atoms with E-state index >= 15 is 0 Å². The summed E-state index contributed by atoms with van der Waals surface area (Å²) in [4.78, 5) is 32.9. The van der Waals surface area contributed by atoms with Gasteiger partial charge in [-0.15, -0.1) is 0 Å². The molecule has 0 heterocycles. The first-order valence-electron chi connectivity index (χ1n) is 5.04. The molecule has 0 fully saturated rings. The minimum absolute atomic E-state index is 0.187. The Morgan fingerprint density at radius 3 is 2.12 bits per heavy atom. The van der Waals surface area contributed by atoms with E-state index < -0.39 is 29.8 Å². The van der Waals surface area contributed by atoms with Crippen molar-refractivity contribution in [3.8, 4) is 0 Å². The minimum atomic E-state index is -1.52. The van der Waals surface area contributed by atoms with Gasteiger partial charge in [0, 0.05) is 0 Å². The normalized spacial score (nSPS) is 16.6. The Morgan fingerprint density at radius 2 is 1.81 bits per heavy atom. The number of aldehydes is 1. The lowest BCUT2D eigenvalue weighted by Gasteiger charge is -2.19. The van der Waals surface area contributed by atoms with E-state index in [2.05, 4.69) is 0 Å². The molecule has 0 aromatic carbocycles.